The molecule has 0 bridgehead atoms. The third-order valence-electron chi connectivity index (χ3n) is 2.95. The standard InChI is InChI=1S/C10H17NO3/c12-10(13)6-11(5-8-1-2-8)9-3-4-14-7-9/h8-9H,1-7H2,(H,12,13). The number of aliphatic carboxylic acids is 1. The van der Waals surface area contributed by atoms with Crippen LogP contribution < -0.4 is 0 Å². The van der Waals surface area contributed by atoms with E-state index in [4.69, 9.17) is 9.84 Å². The maximum Gasteiger partial charge on any atom is 0.317 e. The minimum Gasteiger partial charge on any atom is -0.480 e. The molecule has 1 aliphatic heterocycles. The highest BCUT2D eigenvalue weighted by Gasteiger charge is 2.30. The smallest absolute Gasteiger partial charge is 0.317 e. The molecule has 1 atom stereocenters. The van der Waals surface area contributed by atoms with Gasteiger partial charge >= 0.3 is 5.97 Å². The zero-order chi connectivity index (χ0) is 9.97. The molecular formula is C10H17NO3. The van der Waals surface area contributed by atoms with Gasteiger partial charge in [-0.2, -0.15) is 0 Å². The van der Waals surface area contributed by atoms with E-state index in [0.29, 0.717) is 12.6 Å². The van der Waals surface area contributed by atoms with Crippen LogP contribution in [0.5, 0.6) is 0 Å². The molecule has 0 spiro atoms. The van der Waals surface area contributed by atoms with Crippen molar-refractivity contribution in [1.82, 2.24) is 4.90 Å². The zero-order valence-electron chi connectivity index (χ0n) is 8.32. The lowest BCUT2D eigenvalue weighted by Gasteiger charge is -2.25. The van der Waals surface area contributed by atoms with Crippen molar-refractivity contribution in [2.45, 2.75) is 25.3 Å². The van der Waals surface area contributed by atoms with E-state index in [2.05, 4.69) is 4.90 Å². The molecule has 0 aromatic heterocycles. The van der Waals surface area contributed by atoms with E-state index in [-0.39, 0.29) is 6.54 Å². The lowest BCUT2D eigenvalue weighted by Crippen LogP contribution is -2.40. The fraction of sp³-hybridized carbons (Fsp3) is 0.900. The normalized spacial score (nSPS) is 27.1. The average molecular weight is 199 g/mol. The van der Waals surface area contributed by atoms with Gasteiger partial charge in [0.15, 0.2) is 0 Å². The summed E-state index contributed by atoms with van der Waals surface area (Å²) in [6.07, 6.45) is 3.52. The van der Waals surface area contributed by atoms with E-state index in [9.17, 15) is 4.79 Å². The van der Waals surface area contributed by atoms with Crippen molar-refractivity contribution in [3.8, 4) is 0 Å². The van der Waals surface area contributed by atoms with Gasteiger partial charge in [0.25, 0.3) is 0 Å². The molecule has 0 aromatic rings. The highest BCUT2D eigenvalue weighted by molar-refractivity contribution is 5.69. The summed E-state index contributed by atoms with van der Waals surface area (Å²) in [7, 11) is 0. The molecule has 1 unspecified atom stereocenters. The van der Waals surface area contributed by atoms with Crippen LogP contribution >= 0.6 is 0 Å². The van der Waals surface area contributed by atoms with E-state index in [1.165, 1.54) is 12.8 Å². The third kappa shape index (κ3) is 2.69. The predicted octanol–water partition coefficient (Wildman–Crippen LogP) is 0.572. The summed E-state index contributed by atoms with van der Waals surface area (Å²) in [5.74, 6) is 0.0208. The summed E-state index contributed by atoms with van der Waals surface area (Å²) in [6, 6.07) is 0.340. The van der Waals surface area contributed by atoms with Gasteiger partial charge in [0.05, 0.1) is 13.2 Å². The first-order valence-electron chi connectivity index (χ1n) is 5.29. The molecule has 4 nitrogen and oxygen atoms in total. The number of ether oxygens (including phenoxy) is 1. The number of carbonyl (C=O) groups is 1. The Morgan fingerprint density at radius 2 is 2.21 bits per heavy atom. The van der Waals surface area contributed by atoms with Gasteiger partial charge < -0.3 is 9.84 Å². The van der Waals surface area contributed by atoms with Gasteiger partial charge in [0.1, 0.15) is 0 Å². The lowest BCUT2D eigenvalue weighted by molar-refractivity contribution is -0.139. The summed E-state index contributed by atoms with van der Waals surface area (Å²) in [4.78, 5) is 12.8. The summed E-state index contributed by atoms with van der Waals surface area (Å²) < 4.78 is 5.29. The summed E-state index contributed by atoms with van der Waals surface area (Å²) >= 11 is 0. The molecular weight excluding hydrogens is 182 g/mol. The van der Waals surface area contributed by atoms with Crippen molar-refractivity contribution < 1.29 is 14.6 Å². The van der Waals surface area contributed by atoms with E-state index >= 15 is 0 Å². The van der Waals surface area contributed by atoms with E-state index < -0.39 is 5.97 Å². The van der Waals surface area contributed by atoms with Crippen LogP contribution in [0.15, 0.2) is 0 Å². The third-order valence-corrected chi connectivity index (χ3v) is 2.95. The summed E-state index contributed by atoms with van der Waals surface area (Å²) in [5, 5.41) is 8.80. The Balaban J connectivity index is 1.85. The predicted molar refractivity (Wildman–Crippen MR) is 51.2 cm³/mol. The molecule has 1 N–H and O–H groups in total. The molecule has 2 rings (SSSR count). The number of hydrogen-bond acceptors (Lipinski definition) is 3. The average Bonchev–Trinajstić information content (AvgIpc) is 2.79. The van der Waals surface area contributed by atoms with Crippen LogP contribution in [-0.2, 0) is 9.53 Å². The first-order chi connectivity index (χ1) is 6.75. The Kier molecular flexibility index (Phi) is 3.03. The number of carboxylic acid groups (broad SMARTS) is 1. The Morgan fingerprint density at radius 1 is 1.43 bits per heavy atom. The van der Waals surface area contributed by atoms with Crippen LogP contribution in [0, 0.1) is 5.92 Å². The fourth-order valence-electron chi connectivity index (χ4n) is 1.96. The minimum atomic E-state index is -0.724. The first-order valence-corrected chi connectivity index (χ1v) is 5.29. The highest BCUT2D eigenvalue weighted by Crippen LogP contribution is 2.31. The first kappa shape index (κ1) is 9.93. The van der Waals surface area contributed by atoms with Gasteiger partial charge in [-0.25, -0.2) is 0 Å². The number of rotatable bonds is 5. The fourth-order valence-corrected chi connectivity index (χ4v) is 1.96. The number of hydrogen-bond donors (Lipinski definition) is 1. The Labute approximate surface area is 83.8 Å². The van der Waals surface area contributed by atoms with Crippen molar-refractivity contribution in [1.29, 1.82) is 0 Å². The Hall–Kier alpha value is -0.610. The molecule has 1 saturated carbocycles. The highest BCUT2D eigenvalue weighted by atomic mass is 16.5. The molecule has 2 fully saturated rings. The van der Waals surface area contributed by atoms with Crippen molar-refractivity contribution in [3.05, 3.63) is 0 Å². The molecule has 1 saturated heterocycles. The van der Waals surface area contributed by atoms with Crippen LogP contribution in [0.3, 0.4) is 0 Å². The monoisotopic (exact) mass is 199 g/mol. The van der Waals surface area contributed by atoms with Crippen LogP contribution in [0.4, 0.5) is 0 Å². The van der Waals surface area contributed by atoms with Crippen molar-refractivity contribution >= 4 is 5.97 Å². The van der Waals surface area contributed by atoms with Crippen LogP contribution in [0.2, 0.25) is 0 Å². The van der Waals surface area contributed by atoms with E-state index in [1.807, 2.05) is 0 Å². The van der Waals surface area contributed by atoms with Crippen molar-refractivity contribution in [2.24, 2.45) is 5.92 Å². The van der Waals surface area contributed by atoms with Gasteiger partial charge in [-0.05, 0) is 25.2 Å². The quantitative estimate of drug-likeness (QED) is 0.703. The second-order valence-corrected chi connectivity index (χ2v) is 4.28. The Morgan fingerprint density at radius 3 is 2.71 bits per heavy atom. The molecule has 1 heterocycles. The lowest BCUT2D eigenvalue weighted by atomic mass is 10.2. The van der Waals surface area contributed by atoms with E-state index in [0.717, 1.165) is 25.5 Å². The second-order valence-electron chi connectivity index (χ2n) is 4.28. The van der Waals surface area contributed by atoms with E-state index in [1.54, 1.807) is 0 Å². The van der Waals surface area contributed by atoms with Gasteiger partial charge in [-0.15, -0.1) is 0 Å². The van der Waals surface area contributed by atoms with Gasteiger partial charge in [0, 0.05) is 19.2 Å². The molecule has 14 heavy (non-hydrogen) atoms. The molecule has 1 aliphatic carbocycles. The second kappa shape index (κ2) is 4.28. The molecule has 2 aliphatic rings. The Bertz CT molecular complexity index is 209. The topological polar surface area (TPSA) is 49.8 Å². The van der Waals surface area contributed by atoms with Gasteiger partial charge in [-0.1, -0.05) is 0 Å². The largest absolute Gasteiger partial charge is 0.480 e. The van der Waals surface area contributed by atoms with Crippen LogP contribution in [0.25, 0.3) is 0 Å². The number of carboxylic acids is 1. The maximum atomic E-state index is 10.7. The zero-order valence-corrected chi connectivity index (χ0v) is 8.32. The molecule has 0 aromatic carbocycles. The van der Waals surface area contributed by atoms with Crippen LogP contribution in [-0.4, -0.2) is 48.3 Å². The maximum absolute atomic E-state index is 10.7. The summed E-state index contributed by atoms with van der Waals surface area (Å²) in [5.41, 5.74) is 0. The molecule has 80 valence electrons. The van der Waals surface area contributed by atoms with Crippen molar-refractivity contribution in [3.63, 3.8) is 0 Å². The van der Waals surface area contributed by atoms with Crippen LogP contribution in [0.1, 0.15) is 19.3 Å². The van der Waals surface area contributed by atoms with Gasteiger partial charge in [-0.3, -0.25) is 9.69 Å². The SMILES string of the molecule is O=C(O)CN(CC1CC1)C1CCOC1. The molecule has 0 amide bonds. The molecule has 4 heteroatoms. The summed E-state index contributed by atoms with van der Waals surface area (Å²) in [6.45, 7) is 2.61. The van der Waals surface area contributed by atoms with Crippen molar-refractivity contribution in [2.75, 3.05) is 26.3 Å². The minimum absolute atomic E-state index is 0.171. The number of nitrogens with zero attached hydrogens (tertiary/aromatic N) is 1. The molecule has 0 radical (unpaired) electrons. The van der Waals surface area contributed by atoms with Gasteiger partial charge in [0.2, 0.25) is 0 Å².